The standard InChI is InChI=1S/C17H16F6N2O2S/c1-10(15(27)25-7-5-24(6-8-25)11(2)26)12-3-4-14(28-17(21,22)23)13(9-12)16(18,19)20/h3-4,9H,1,5-8H2,2H3. The molecule has 1 aliphatic heterocycles. The van der Waals surface area contributed by atoms with E-state index in [0.717, 1.165) is 6.07 Å². The molecule has 2 amide bonds. The smallest absolute Gasteiger partial charge is 0.339 e. The molecule has 0 unspecified atom stereocenters. The molecule has 4 nitrogen and oxygen atoms in total. The van der Waals surface area contributed by atoms with E-state index in [1.165, 1.54) is 16.7 Å². The van der Waals surface area contributed by atoms with Gasteiger partial charge in [-0.05, 0) is 29.5 Å². The second-order valence-corrected chi connectivity index (χ2v) is 7.14. The number of rotatable bonds is 3. The molecule has 11 heteroatoms. The van der Waals surface area contributed by atoms with Gasteiger partial charge >= 0.3 is 11.7 Å². The quantitative estimate of drug-likeness (QED) is 0.417. The monoisotopic (exact) mass is 426 g/mol. The molecule has 0 N–H and O–H groups in total. The van der Waals surface area contributed by atoms with Crippen molar-refractivity contribution in [2.24, 2.45) is 0 Å². The van der Waals surface area contributed by atoms with Gasteiger partial charge in [-0.2, -0.15) is 26.3 Å². The van der Waals surface area contributed by atoms with Gasteiger partial charge in [0, 0.05) is 43.6 Å². The predicted octanol–water partition coefficient (Wildman–Crippen LogP) is 4.02. The number of nitrogens with zero attached hydrogens (tertiary/aromatic N) is 2. The average Bonchev–Trinajstić information content (AvgIpc) is 2.58. The van der Waals surface area contributed by atoms with Crippen molar-refractivity contribution >= 4 is 29.1 Å². The maximum Gasteiger partial charge on any atom is 0.446 e. The summed E-state index contributed by atoms with van der Waals surface area (Å²) < 4.78 is 77.1. The lowest BCUT2D eigenvalue weighted by Gasteiger charge is -2.34. The highest BCUT2D eigenvalue weighted by Crippen LogP contribution is 2.44. The highest BCUT2D eigenvalue weighted by atomic mass is 32.2. The zero-order chi connectivity index (χ0) is 21.3. The van der Waals surface area contributed by atoms with Crippen molar-refractivity contribution < 1.29 is 35.9 Å². The molecular formula is C17H16F6N2O2S. The molecule has 28 heavy (non-hydrogen) atoms. The van der Waals surface area contributed by atoms with E-state index < -0.39 is 39.8 Å². The SMILES string of the molecule is C=C(C(=O)N1CCN(C(C)=O)CC1)c1ccc(SC(F)(F)F)c(C(F)(F)F)c1. The number of hydrogen-bond donors (Lipinski definition) is 0. The normalized spacial score (nSPS) is 15.5. The maximum absolute atomic E-state index is 13.2. The molecule has 0 spiro atoms. The first kappa shape index (κ1) is 22.1. The van der Waals surface area contributed by atoms with Crippen LogP contribution in [0.3, 0.4) is 0 Å². The lowest BCUT2D eigenvalue weighted by molar-refractivity contribution is -0.140. The fourth-order valence-electron chi connectivity index (χ4n) is 2.69. The zero-order valence-corrected chi connectivity index (χ0v) is 15.5. The van der Waals surface area contributed by atoms with Crippen molar-refractivity contribution in [3.8, 4) is 0 Å². The van der Waals surface area contributed by atoms with E-state index in [9.17, 15) is 35.9 Å². The Kier molecular flexibility index (Phi) is 6.37. The lowest BCUT2D eigenvalue weighted by Crippen LogP contribution is -2.50. The number of benzene rings is 1. The van der Waals surface area contributed by atoms with E-state index in [0.29, 0.717) is 12.1 Å². The highest BCUT2D eigenvalue weighted by Gasteiger charge is 2.39. The van der Waals surface area contributed by atoms with Gasteiger partial charge in [0.15, 0.2) is 0 Å². The number of thioether (sulfide) groups is 1. The minimum atomic E-state index is -5.03. The second-order valence-electron chi connectivity index (χ2n) is 6.03. The molecule has 0 atom stereocenters. The second kappa shape index (κ2) is 8.06. The van der Waals surface area contributed by atoms with Crippen molar-refractivity contribution in [3.63, 3.8) is 0 Å². The summed E-state index contributed by atoms with van der Waals surface area (Å²) in [5.41, 5.74) is -6.84. The summed E-state index contributed by atoms with van der Waals surface area (Å²) in [7, 11) is 0. The van der Waals surface area contributed by atoms with Crippen molar-refractivity contribution in [1.29, 1.82) is 0 Å². The van der Waals surface area contributed by atoms with Gasteiger partial charge in [-0.15, -0.1) is 0 Å². The van der Waals surface area contributed by atoms with Gasteiger partial charge in [-0.3, -0.25) is 9.59 Å². The van der Waals surface area contributed by atoms with Gasteiger partial charge in [0.25, 0.3) is 5.91 Å². The van der Waals surface area contributed by atoms with E-state index in [1.807, 2.05) is 0 Å². The Hall–Kier alpha value is -2.17. The third-order valence-electron chi connectivity index (χ3n) is 4.13. The van der Waals surface area contributed by atoms with E-state index in [2.05, 4.69) is 6.58 Å². The van der Waals surface area contributed by atoms with Crippen LogP contribution in [-0.2, 0) is 15.8 Å². The Labute approximate surface area is 161 Å². The van der Waals surface area contributed by atoms with E-state index in [1.54, 1.807) is 0 Å². The Bertz CT molecular complexity index is 783. The molecule has 1 saturated heterocycles. The van der Waals surface area contributed by atoms with Crippen LogP contribution in [0.5, 0.6) is 0 Å². The van der Waals surface area contributed by atoms with Gasteiger partial charge in [-0.1, -0.05) is 12.6 Å². The van der Waals surface area contributed by atoms with Crippen molar-refractivity contribution in [1.82, 2.24) is 9.80 Å². The lowest BCUT2D eigenvalue weighted by atomic mass is 10.0. The van der Waals surface area contributed by atoms with Gasteiger partial charge < -0.3 is 9.80 Å². The third-order valence-corrected chi connectivity index (χ3v) is 4.94. The fourth-order valence-corrected chi connectivity index (χ4v) is 3.36. The number of halogens is 6. The molecule has 1 aliphatic rings. The van der Waals surface area contributed by atoms with Crippen LogP contribution in [0.1, 0.15) is 18.1 Å². The first-order chi connectivity index (χ1) is 12.8. The number of piperazine rings is 1. The highest BCUT2D eigenvalue weighted by molar-refractivity contribution is 8.00. The van der Waals surface area contributed by atoms with Crippen molar-refractivity contribution in [2.45, 2.75) is 23.5 Å². The molecule has 0 aromatic heterocycles. The summed E-state index contributed by atoms with van der Waals surface area (Å²) in [4.78, 5) is 25.7. The molecular weight excluding hydrogens is 410 g/mol. The molecule has 0 aliphatic carbocycles. The number of carbonyl (C=O) groups excluding carboxylic acids is 2. The molecule has 0 radical (unpaired) electrons. The summed E-state index contributed by atoms with van der Waals surface area (Å²) in [6.07, 6.45) is -5.03. The number of hydrogen-bond acceptors (Lipinski definition) is 3. The van der Waals surface area contributed by atoms with Gasteiger partial charge in [-0.25, -0.2) is 0 Å². The minimum absolute atomic E-state index is 0.154. The maximum atomic E-state index is 13.2. The summed E-state index contributed by atoms with van der Waals surface area (Å²) in [6, 6.07) is 2.19. The molecule has 154 valence electrons. The van der Waals surface area contributed by atoms with Crippen molar-refractivity contribution in [3.05, 3.63) is 35.9 Å². The van der Waals surface area contributed by atoms with E-state index in [-0.39, 0.29) is 43.2 Å². The van der Waals surface area contributed by atoms with Crippen LogP contribution in [0.4, 0.5) is 26.3 Å². The van der Waals surface area contributed by atoms with E-state index in [4.69, 9.17) is 0 Å². The first-order valence-corrected chi connectivity index (χ1v) is 8.82. The molecule has 0 bridgehead atoms. The average molecular weight is 426 g/mol. The first-order valence-electron chi connectivity index (χ1n) is 8.00. The Morgan fingerprint density at radius 3 is 2.00 bits per heavy atom. The van der Waals surface area contributed by atoms with E-state index >= 15 is 0 Å². The number of alkyl halides is 6. The molecule has 1 heterocycles. The van der Waals surface area contributed by atoms with Crippen LogP contribution in [0.2, 0.25) is 0 Å². The largest absolute Gasteiger partial charge is 0.446 e. The Balaban J connectivity index is 2.23. The summed E-state index contributed by atoms with van der Waals surface area (Å²) in [5, 5.41) is 0. The zero-order valence-electron chi connectivity index (χ0n) is 14.7. The molecule has 1 aromatic carbocycles. The molecule has 2 rings (SSSR count). The van der Waals surface area contributed by atoms with Crippen LogP contribution >= 0.6 is 11.8 Å². The number of carbonyl (C=O) groups is 2. The Morgan fingerprint density at radius 1 is 1.00 bits per heavy atom. The van der Waals surface area contributed by atoms with Crippen LogP contribution in [0.15, 0.2) is 29.7 Å². The predicted molar refractivity (Wildman–Crippen MR) is 91.2 cm³/mol. The summed E-state index contributed by atoms with van der Waals surface area (Å²) in [5.74, 6) is -0.786. The minimum Gasteiger partial charge on any atom is -0.339 e. The summed E-state index contributed by atoms with van der Waals surface area (Å²) in [6.45, 7) is 5.83. The molecule has 1 fully saturated rings. The van der Waals surface area contributed by atoms with Gasteiger partial charge in [0.2, 0.25) is 5.91 Å². The molecule has 1 aromatic rings. The van der Waals surface area contributed by atoms with Gasteiger partial charge in [0.1, 0.15) is 0 Å². The van der Waals surface area contributed by atoms with Crippen LogP contribution < -0.4 is 0 Å². The van der Waals surface area contributed by atoms with Crippen LogP contribution in [0.25, 0.3) is 5.57 Å². The fraction of sp³-hybridized carbons (Fsp3) is 0.412. The van der Waals surface area contributed by atoms with Crippen LogP contribution in [0, 0.1) is 0 Å². The topological polar surface area (TPSA) is 40.6 Å². The van der Waals surface area contributed by atoms with Crippen molar-refractivity contribution in [2.75, 3.05) is 26.2 Å². The van der Waals surface area contributed by atoms with Crippen LogP contribution in [-0.4, -0.2) is 53.3 Å². The number of amides is 2. The molecule has 0 saturated carbocycles. The summed E-state index contributed by atoms with van der Waals surface area (Å²) >= 11 is -0.868. The third kappa shape index (κ3) is 5.43. The van der Waals surface area contributed by atoms with Gasteiger partial charge in [0.05, 0.1) is 5.56 Å². The Morgan fingerprint density at radius 2 is 1.54 bits per heavy atom.